The summed E-state index contributed by atoms with van der Waals surface area (Å²) < 4.78 is 6.01. The summed E-state index contributed by atoms with van der Waals surface area (Å²) in [7, 11) is 3.16. The van der Waals surface area contributed by atoms with E-state index >= 15 is 0 Å². The second kappa shape index (κ2) is 6.98. The van der Waals surface area contributed by atoms with Crippen LogP contribution in [0.3, 0.4) is 0 Å². The van der Waals surface area contributed by atoms with Gasteiger partial charge in [-0.2, -0.15) is 0 Å². The van der Waals surface area contributed by atoms with E-state index in [9.17, 15) is 4.79 Å². The first-order chi connectivity index (χ1) is 8.99. The molecule has 7 heteroatoms. The van der Waals surface area contributed by atoms with Crippen LogP contribution in [0.2, 0.25) is 0 Å². The predicted octanol–water partition coefficient (Wildman–Crippen LogP) is 1.67. The second-order valence-corrected chi connectivity index (χ2v) is 4.83. The highest BCUT2D eigenvalue weighted by molar-refractivity contribution is 9.10. The molecule has 1 amide bonds. The lowest BCUT2D eigenvalue weighted by Gasteiger charge is -2.18. The van der Waals surface area contributed by atoms with Crippen molar-refractivity contribution in [1.29, 1.82) is 0 Å². The number of amides is 1. The van der Waals surface area contributed by atoms with Crippen LogP contribution in [0.15, 0.2) is 27.8 Å². The number of oxime groups is 1. The Kier molecular flexibility index (Phi) is 5.62. The molecule has 0 bridgehead atoms. The van der Waals surface area contributed by atoms with E-state index in [2.05, 4.69) is 21.1 Å². The number of methoxy groups -OCH3 is 1. The first kappa shape index (κ1) is 15.3. The molecule has 1 rings (SSSR count). The molecule has 0 fully saturated rings. The molecule has 19 heavy (non-hydrogen) atoms. The zero-order chi connectivity index (χ0) is 14.4. The second-order valence-electron chi connectivity index (χ2n) is 3.91. The highest BCUT2D eigenvalue weighted by Gasteiger charge is 2.16. The van der Waals surface area contributed by atoms with Crippen LogP contribution in [0.25, 0.3) is 0 Å². The summed E-state index contributed by atoms with van der Waals surface area (Å²) in [5, 5.41) is 11.3. The third-order valence-corrected chi connectivity index (χ3v) is 3.07. The Hall–Kier alpha value is -1.76. The summed E-state index contributed by atoms with van der Waals surface area (Å²) in [6.45, 7) is 0.355. The van der Waals surface area contributed by atoms with Crippen LogP contribution in [-0.4, -0.2) is 42.6 Å². The van der Waals surface area contributed by atoms with Crippen LogP contribution >= 0.6 is 15.9 Å². The Morgan fingerprint density at radius 3 is 2.84 bits per heavy atom. The van der Waals surface area contributed by atoms with Crippen LogP contribution in [0.1, 0.15) is 16.8 Å². The minimum absolute atomic E-state index is 0.0856. The van der Waals surface area contributed by atoms with Crippen molar-refractivity contribution in [3.8, 4) is 5.75 Å². The first-order valence-electron chi connectivity index (χ1n) is 5.55. The van der Waals surface area contributed by atoms with Gasteiger partial charge in [-0.1, -0.05) is 21.1 Å². The number of carbonyl (C=O) groups excluding carboxylic acids is 1. The van der Waals surface area contributed by atoms with Crippen molar-refractivity contribution in [2.75, 3.05) is 20.7 Å². The van der Waals surface area contributed by atoms with Gasteiger partial charge in [0.25, 0.3) is 5.91 Å². The largest absolute Gasteiger partial charge is 0.496 e. The Balaban J connectivity index is 2.82. The summed E-state index contributed by atoms with van der Waals surface area (Å²) in [6.07, 6.45) is 0.303. The number of amidine groups is 1. The van der Waals surface area contributed by atoms with Gasteiger partial charge >= 0.3 is 0 Å². The number of nitrogens with zero attached hydrogens (tertiary/aromatic N) is 2. The van der Waals surface area contributed by atoms with E-state index in [1.807, 2.05) is 0 Å². The van der Waals surface area contributed by atoms with E-state index in [1.54, 1.807) is 25.2 Å². The fourth-order valence-corrected chi connectivity index (χ4v) is 1.82. The average Bonchev–Trinajstić information content (AvgIpc) is 2.43. The zero-order valence-corrected chi connectivity index (χ0v) is 12.3. The van der Waals surface area contributed by atoms with E-state index in [1.165, 1.54) is 12.0 Å². The van der Waals surface area contributed by atoms with E-state index in [0.29, 0.717) is 24.3 Å². The molecule has 0 saturated heterocycles. The number of nitrogens with two attached hydrogens (primary N) is 1. The fraction of sp³-hybridized carbons (Fsp3) is 0.333. The van der Waals surface area contributed by atoms with E-state index < -0.39 is 0 Å². The molecule has 0 aromatic heterocycles. The first-order valence-corrected chi connectivity index (χ1v) is 6.34. The molecule has 0 spiro atoms. The van der Waals surface area contributed by atoms with Crippen molar-refractivity contribution in [1.82, 2.24) is 4.90 Å². The van der Waals surface area contributed by atoms with Gasteiger partial charge in [-0.15, -0.1) is 0 Å². The lowest BCUT2D eigenvalue weighted by Crippen LogP contribution is -2.30. The number of hydrogen-bond donors (Lipinski definition) is 2. The van der Waals surface area contributed by atoms with Crippen molar-refractivity contribution in [3.05, 3.63) is 28.2 Å². The molecule has 6 nitrogen and oxygen atoms in total. The topological polar surface area (TPSA) is 88.2 Å². The number of hydrogen-bond acceptors (Lipinski definition) is 4. The molecule has 0 aliphatic rings. The lowest BCUT2D eigenvalue weighted by atomic mass is 10.1. The molecule has 0 aliphatic carbocycles. The number of carbonyl (C=O) groups is 1. The van der Waals surface area contributed by atoms with Gasteiger partial charge in [0, 0.05) is 24.5 Å². The van der Waals surface area contributed by atoms with E-state index in [0.717, 1.165) is 4.47 Å². The summed E-state index contributed by atoms with van der Waals surface area (Å²) in [5.41, 5.74) is 5.83. The third kappa shape index (κ3) is 4.13. The number of benzene rings is 1. The van der Waals surface area contributed by atoms with Crippen molar-refractivity contribution >= 4 is 27.7 Å². The van der Waals surface area contributed by atoms with Crippen molar-refractivity contribution in [2.45, 2.75) is 6.42 Å². The average molecular weight is 330 g/mol. The van der Waals surface area contributed by atoms with Gasteiger partial charge < -0.3 is 20.6 Å². The quantitative estimate of drug-likeness (QED) is 0.372. The fourth-order valence-electron chi connectivity index (χ4n) is 1.48. The zero-order valence-electron chi connectivity index (χ0n) is 10.8. The predicted molar refractivity (Wildman–Crippen MR) is 75.7 cm³/mol. The Labute approximate surface area is 120 Å². The molecule has 0 unspecified atom stereocenters. The van der Waals surface area contributed by atoms with Crippen molar-refractivity contribution in [3.63, 3.8) is 0 Å². The SMILES string of the molecule is COc1cc(Br)ccc1C(=O)N(C)CC/C(N)=N/O. The minimum atomic E-state index is -0.185. The smallest absolute Gasteiger partial charge is 0.257 e. The Bertz CT molecular complexity index is 491. The normalized spacial score (nSPS) is 11.2. The van der Waals surface area contributed by atoms with Crippen molar-refractivity contribution < 1.29 is 14.7 Å². The number of halogens is 1. The molecular formula is C12H16BrN3O3. The summed E-state index contributed by atoms with van der Waals surface area (Å²) in [6, 6.07) is 5.18. The van der Waals surface area contributed by atoms with E-state index in [-0.39, 0.29) is 11.7 Å². The molecule has 0 heterocycles. The summed E-state index contributed by atoms with van der Waals surface area (Å²) in [5.74, 6) is 0.396. The summed E-state index contributed by atoms with van der Waals surface area (Å²) >= 11 is 3.32. The molecule has 1 aromatic rings. The highest BCUT2D eigenvalue weighted by atomic mass is 79.9. The number of rotatable bonds is 5. The molecule has 0 aliphatic heterocycles. The Morgan fingerprint density at radius 1 is 1.58 bits per heavy atom. The highest BCUT2D eigenvalue weighted by Crippen LogP contribution is 2.24. The van der Waals surface area contributed by atoms with Gasteiger partial charge in [0.05, 0.1) is 12.7 Å². The van der Waals surface area contributed by atoms with Crippen LogP contribution in [0, 0.1) is 0 Å². The van der Waals surface area contributed by atoms with Gasteiger partial charge in [0.15, 0.2) is 0 Å². The standard InChI is InChI=1S/C12H16BrN3O3/c1-16(6-5-11(14)15-18)12(17)9-4-3-8(13)7-10(9)19-2/h3-4,7,18H,5-6H2,1-2H3,(H2,14,15). The van der Waals surface area contributed by atoms with Crippen LogP contribution in [0.4, 0.5) is 0 Å². The van der Waals surface area contributed by atoms with E-state index in [4.69, 9.17) is 15.7 Å². The third-order valence-electron chi connectivity index (χ3n) is 2.57. The molecule has 3 N–H and O–H groups in total. The lowest BCUT2D eigenvalue weighted by molar-refractivity contribution is 0.0795. The van der Waals surface area contributed by atoms with Crippen LogP contribution in [-0.2, 0) is 0 Å². The van der Waals surface area contributed by atoms with Crippen LogP contribution in [0.5, 0.6) is 5.75 Å². The maximum Gasteiger partial charge on any atom is 0.257 e. The van der Waals surface area contributed by atoms with Gasteiger partial charge in [0.1, 0.15) is 11.6 Å². The van der Waals surface area contributed by atoms with Gasteiger partial charge in [-0.3, -0.25) is 4.79 Å². The monoisotopic (exact) mass is 329 g/mol. The van der Waals surface area contributed by atoms with Gasteiger partial charge in [0.2, 0.25) is 0 Å². The molecule has 104 valence electrons. The van der Waals surface area contributed by atoms with Gasteiger partial charge in [-0.25, -0.2) is 0 Å². The maximum absolute atomic E-state index is 12.2. The Morgan fingerprint density at radius 2 is 2.26 bits per heavy atom. The maximum atomic E-state index is 12.2. The van der Waals surface area contributed by atoms with Crippen molar-refractivity contribution in [2.24, 2.45) is 10.9 Å². The summed E-state index contributed by atoms with van der Waals surface area (Å²) in [4.78, 5) is 13.7. The van der Waals surface area contributed by atoms with Gasteiger partial charge in [-0.05, 0) is 18.2 Å². The van der Waals surface area contributed by atoms with Crippen LogP contribution < -0.4 is 10.5 Å². The molecule has 0 atom stereocenters. The molecule has 1 aromatic carbocycles. The molecular weight excluding hydrogens is 314 g/mol. The minimum Gasteiger partial charge on any atom is -0.496 e. The number of ether oxygens (including phenoxy) is 1. The molecule has 0 saturated carbocycles. The molecule has 0 radical (unpaired) electrons.